The summed E-state index contributed by atoms with van der Waals surface area (Å²) in [6.45, 7) is 1.04. The van der Waals surface area contributed by atoms with Gasteiger partial charge in [0.15, 0.2) is 0 Å². The quantitative estimate of drug-likeness (QED) is 0.858. The molecule has 19 heavy (non-hydrogen) atoms. The molecule has 0 saturated carbocycles. The lowest BCUT2D eigenvalue weighted by molar-refractivity contribution is -0.144. The van der Waals surface area contributed by atoms with E-state index in [0.29, 0.717) is 25.9 Å². The van der Waals surface area contributed by atoms with Gasteiger partial charge in [-0.1, -0.05) is 0 Å². The van der Waals surface area contributed by atoms with Gasteiger partial charge in [0.2, 0.25) is 5.91 Å². The van der Waals surface area contributed by atoms with Crippen molar-refractivity contribution in [3.63, 3.8) is 0 Å². The molecule has 0 atom stereocenters. The molecule has 0 bridgehead atoms. The first kappa shape index (κ1) is 14.3. The summed E-state index contributed by atoms with van der Waals surface area (Å²) in [4.78, 5) is 25.5. The minimum Gasteiger partial charge on any atom is -0.481 e. The van der Waals surface area contributed by atoms with Crippen molar-refractivity contribution in [3.05, 3.63) is 26.9 Å². The Bertz CT molecular complexity index is 504. The number of carboxylic acid groups (broad SMARTS) is 1. The molecule has 1 fully saturated rings. The molecule has 6 heteroatoms. The van der Waals surface area contributed by atoms with Crippen LogP contribution in [-0.4, -0.2) is 35.0 Å². The molecular formula is C13H14BrNO3S. The largest absolute Gasteiger partial charge is 0.481 e. The molecule has 1 aliphatic heterocycles. The Morgan fingerprint density at radius 3 is 2.58 bits per heavy atom. The molecule has 1 saturated heterocycles. The summed E-state index contributed by atoms with van der Waals surface area (Å²) in [5.41, 5.74) is 0. The Balaban J connectivity index is 1.88. The Morgan fingerprint density at radius 2 is 2.05 bits per heavy atom. The number of thiophene rings is 1. The molecule has 1 amide bonds. The first-order valence-electron chi connectivity index (χ1n) is 6.01. The van der Waals surface area contributed by atoms with Gasteiger partial charge in [-0.15, -0.1) is 11.3 Å². The number of piperidine rings is 1. The van der Waals surface area contributed by atoms with Crippen molar-refractivity contribution in [3.8, 4) is 0 Å². The Kier molecular flexibility index (Phi) is 4.76. The summed E-state index contributed by atoms with van der Waals surface area (Å²) >= 11 is 4.93. The standard InChI is InChI=1S/C13H14BrNO3S/c14-11-3-1-10(19-11)2-4-12(16)15-7-5-9(6-8-15)13(17)18/h1-4,9H,5-8H2,(H,17,18). The molecule has 102 valence electrons. The molecule has 0 aliphatic carbocycles. The van der Waals surface area contributed by atoms with Crippen molar-refractivity contribution in [1.29, 1.82) is 0 Å². The van der Waals surface area contributed by atoms with E-state index in [-0.39, 0.29) is 11.8 Å². The van der Waals surface area contributed by atoms with Gasteiger partial charge in [0.1, 0.15) is 0 Å². The first-order valence-corrected chi connectivity index (χ1v) is 7.62. The fourth-order valence-electron chi connectivity index (χ4n) is 2.02. The predicted molar refractivity (Wildman–Crippen MR) is 78.0 cm³/mol. The first-order chi connectivity index (χ1) is 9.06. The van der Waals surface area contributed by atoms with E-state index in [1.165, 1.54) is 0 Å². The van der Waals surface area contributed by atoms with Crippen molar-refractivity contribution in [2.75, 3.05) is 13.1 Å². The van der Waals surface area contributed by atoms with Gasteiger partial charge in [-0.3, -0.25) is 9.59 Å². The zero-order chi connectivity index (χ0) is 13.8. The lowest BCUT2D eigenvalue weighted by atomic mass is 9.97. The molecular weight excluding hydrogens is 330 g/mol. The molecule has 4 nitrogen and oxygen atoms in total. The van der Waals surface area contributed by atoms with E-state index >= 15 is 0 Å². The average Bonchev–Trinajstić information content (AvgIpc) is 2.82. The molecule has 0 unspecified atom stereocenters. The van der Waals surface area contributed by atoms with Crippen molar-refractivity contribution in [1.82, 2.24) is 4.90 Å². The van der Waals surface area contributed by atoms with Crippen LogP contribution >= 0.6 is 27.3 Å². The number of aliphatic carboxylic acids is 1. The maximum absolute atomic E-state index is 11.9. The molecule has 1 aliphatic rings. The summed E-state index contributed by atoms with van der Waals surface area (Å²) in [5.74, 6) is -1.11. The molecule has 0 spiro atoms. The fourth-order valence-corrected chi connectivity index (χ4v) is 3.35. The van der Waals surface area contributed by atoms with Crippen LogP contribution in [0.3, 0.4) is 0 Å². The Morgan fingerprint density at radius 1 is 1.37 bits per heavy atom. The number of nitrogens with zero attached hydrogens (tertiary/aromatic N) is 1. The van der Waals surface area contributed by atoms with Crippen LogP contribution in [0.25, 0.3) is 6.08 Å². The molecule has 0 aromatic carbocycles. The summed E-state index contributed by atoms with van der Waals surface area (Å²) in [6, 6.07) is 3.88. The number of hydrogen-bond acceptors (Lipinski definition) is 3. The van der Waals surface area contributed by atoms with Gasteiger partial charge in [-0.05, 0) is 47.0 Å². The highest BCUT2D eigenvalue weighted by Gasteiger charge is 2.25. The molecule has 1 aromatic rings. The van der Waals surface area contributed by atoms with Crippen LogP contribution in [0.4, 0.5) is 0 Å². The lowest BCUT2D eigenvalue weighted by Crippen LogP contribution is -2.39. The number of likely N-dealkylation sites (tertiary alicyclic amines) is 1. The van der Waals surface area contributed by atoms with Crippen LogP contribution in [0.15, 0.2) is 22.0 Å². The van der Waals surface area contributed by atoms with Gasteiger partial charge in [-0.2, -0.15) is 0 Å². The summed E-state index contributed by atoms with van der Waals surface area (Å²) in [6.07, 6.45) is 4.43. The molecule has 1 N–H and O–H groups in total. The highest BCUT2D eigenvalue weighted by atomic mass is 79.9. The SMILES string of the molecule is O=C(O)C1CCN(C(=O)C=Cc2ccc(Br)s2)CC1. The number of carbonyl (C=O) groups excluding carboxylic acids is 1. The highest BCUT2D eigenvalue weighted by Crippen LogP contribution is 2.23. The smallest absolute Gasteiger partial charge is 0.306 e. The van der Waals surface area contributed by atoms with Gasteiger partial charge < -0.3 is 10.0 Å². The fraction of sp³-hybridized carbons (Fsp3) is 0.385. The van der Waals surface area contributed by atoms with Crippen molar-refractivity contribution < 1.29 is 14.7 Å². The van der Waals surface area contributed by atoms with Crippen LogP contribution in [0.1, 0.15) is 17.7 Å². The third-order valence-electron chi connectivity index (χ3n) is 3.14. The van der Waals surface area contributed by atoms with Gasteiger partial charge in [0, 0.05) is 24.0 Å². The maximum Gasteiger partial charge on any atom is 0.306 e. The number of carbonyl (C=O) groups is 2. The average molecular weight is 344 g/mol. The van der Waals surface area contributed by atoms with Crippen molar-refractivity contribution >= 4 is 45.2 Å². The number of rotatable bonds is 3. The van der Waals surface area contributed by atoms with E-state index in [9.17, 15) is 9.59 Å². The van der Waals surface area contributed by atoms with Gasteiger partial charge >= 0.3 is 5.97 Å². The zero-order valence-corrected chi connectivity index (χ0v) is 12.6. The topological polar surface area (TPSA) is 57.6 Å². The zero-order valence-electron chi connectivity index (χ0n) is 10.2. The van der Waals surface area contributed by atoms with Crippen molar-refractivity contribution in [2.45, 2.75) is 12.8 Å². The summed E-state index contributed by atoms with van der Waals surface area (Å²) in [5, 5.41) is 8.90. The van der Waals surface area contributed by atoms with E-state index in [4.69, 9.17) is 5.11 Å². The van der Waals surface area contributed by atoms with Crippen molar-refractivity contribution in [2.24, 2.45) is 5.92 Å². The van der Waals surface area contributed by atoms with Gasteiger partial charge in [-0.25, -0.2) is 0 Å². The number of halogens is 1. The Hall–Kier alpha value is -1.14. The van der Waals surface area contributed by atoms with Gasteiger partial charge in [0.05, 0.1) is 9.70 Å². The molecule has 2 rings (SSSR count). The second-order valence-electron chi connectivity index (χ2n) is 4.41. The Labute approximate surface area is 123 Å². The number of carboxylic acids is 1. The molecule has 2 heterocycles. The second-order valence-corrected chi connectivity index (χ2v) is 6.91. The minimum atomic E-state index is -0.758. The van der Waals surface area contributed by atoms with Crippen LogP contribution < -0.4 is 0 Å². The van der Waals surface area contributed by atoms with E-state index < -0.39 is 5.97 Å². The molecule has 1 aromatic heterocycles. The summed E-state index contributed by atoms with van der Waals surface area (Å²) in [7, 11) is 0. The van der Waals surface area contributed by atoms with E-state index in [2.05, 4.69) is 15.9 Å². The normalized spacial score (nSPS) is 17.0. The molecule has 0 radical (unpaired) electrons. The lowest BCUT2D eigenvalue weighted by Gasteiger charge is -2.29. The van der Waals surface area contributed by atoms with Crippen LogP contribution in [0, 0.1) is 5.92 Å². The number of amides is 1. The number of hydrogen-bond donors (Lipinski definition) is 1. The highest BCUT2D eigenvalue weighted by molar-refractivity contribution is 9.11. The maximum atomic E-state index is 11.9. The second kappa shape index (κ2) is 6.34. The van der Waals surface area contributed by atoms with E-state index in [1.54, 1.807) is 28.4 Å². The van der Waals surface area contributed by atoms with Crippen LogP contribution in [-0.2, 0) is 9.59 Å². The minimum absolute atomic E-state index is 0.0478. The summed E-state index contributed by atoms with van der Waals surface area (Å²) < 4.78 is 1.03. The predicted octanol–water partition coefficient (Wildman–Crippen LogP) is 2.85. The van der Waals surface area contributed by atoms with Crippen LogP contribution in [0.2, 0.25) is 0 Å². The van der Waals surface area contributed by atoms with Gasteiger partial charge in [0.25, 0.3) is 0 Å². The van der Waals surface area contributed by atoms with E-state index in [0.717, 1.165) is 8.66 Å². The van der Waals surface area contributed by atoms with E-state index in [1.807, 2.05) is 12.1 Å². The third kappa shape index (κ3) is 3.91. The third-order valence-corrected chi connectivity index (χ3v) is 4.73. The monoisotopic (exact) mass is 343 g/mol. The van der Waals surface area contributed by atoms with Crippen LogP contribution in [0.5, 0.6) is 0 Å².